The fourth-order valence-corrected chi connectivity index (χ4v) is 1.58. The van der Waals surface area contributed by atoms with Gasteiger partial charge in [0.25, 0.3) is 0 Å². The zero-order valence-electron chi connectivity index (χ0n) is 7.32. The number of rotatable bonds is 1. The second-order valence-electron chi connectivity index (χ2n) is 3.01. The van der Waals surface area contributed by atoms with Crippen molar-refractivity contribution in [3.8, 4) is 0 Å². The van der Waals surface area contributed by atoms with Gasteiger partial charge in [-0.1, -0.05) is 6.42 Å². The van der Waals surface area contributed by atoms with Crippen molar-refractivity contribution in [1.82, 2.24) is 15.5 Å². The lowest BCUT2D eigenvalue weighted by Gasteiger charge is -2.21. The Morgan fingerprint density at radius 2 is 2.15 bits per heavy atom. The van der Waals surface area contributed by atoms with Gasteiger partial charge in [-0.2, -0.15) is 5.10 Å². The normalized spacial score (nSPS) is 21.4. The molecule has 3 nitrogen and oxygen atoms in total. The van der Waals surface area contributed by atoms with Gasteiger partial charge in [-0.05, 0) is 25.5 Å². The molecule has 13 heavy (non-hydrogen) atoms. The first-order valence-electron chi connectivity index (χ1n) is 4.19. The van der Waals surface area contributed by atoms with Crippen molar-refractivity contribution in [3.63, 3.8) is 0 Å². The van der Waals surface area contributed by atoms with Crippen LogP contribution in [0, 0.1) is 0 Å². The minimum atomic E-state index is 0. The number of nitrogens with zero attached hydrogens (tertiary/aromatic N) is 1. The van der Waals surface area contributed by atoms with Gasteiger partial charge >= 0.3 is 0 Å². The molecule has 0 amide bonds. The van der Waals surface area contributed by atoms with Crippen LogP contribution >= 0.6 is 24.8 Å². The number of aromatic nitrogens is 2. The van der Waals surface area contributed by atoms with E-state index in [-0.39, 0.29) is 24.8 Å². The van der Waals surface area contributed by atoms with Crippen LogP contribution in [0.1, 0.15) is 31.0 Å². The number of aromatic amines is 1. The molecule has 2 heterocycles. The Bertz CT molecular complexity index is 207. The maximum atomic E-state index is 3.93. The molecule has 0 spiro atoms. The lowest BCUT2D eigenvalue weighted by molar-refractivity contribution is 0.405. The molecule has 0 bridgehead atoms. The summed E-state index contributed by atoms with van der Waals surface area (Å²) in [7, 11) is 0. The van der Waals surface area contributed by atoms with Crippen molar-refractivity contribution in [2.24, 2.45) is 0 Å². The SMILES string of the molecule is Cl.Cl.c1cc(C2CCCCN2)[nH]n1. The molecular formula is C8H15Cl2N3. The summed E-state index contributed by atoms with van der Waals surface area (Å²) in [6.45, 7) is 1.14. The first-order valence-corrected chi connectivity index (χ1v) is 4.19. The zero-order chi connectivity index (χ0) is 7.52. The van der Waals surface area contributed by atoms with Crippen LogP contribution in [0.15, 0.2) is 12.3 Å². The van der Waals surface area contributed by atoms with Crippen LogP contribution in [-0.2, 0) is 0 Å². The van der Waals surface area contributed by atoms with E-state index in [0.717, 1.165) is 6.54 Å². The maximum absolute atomic E-state index is 3.93. The van der Waals surface area contributed by atoms with Crippen LogP contribution in [0.4, 0.5) is 0 Å². The molecule has 1 atom stereocenters. The lowest BCUT2D eigenvalue weighted by Crippen LogP contribution is -2.26. The van der Waals surface area contributed by atoms with Gasteiger partial charge in [-0.15, -0.1) is 24.8 Å². The van der Waals surface area contributed by atoms with Crippen LogP contribution in [0.5, 0.6) is 0 Å². The summed E-state index contributed by atoms with van der Waals surface area (Å²) in [4.78, 5) is 0. The number of nitrogens with one attached hydrogen (secondary N) is 2. The van der Waals surface area contributed by atoms with E-state index in [2.05, 4.69) is 15.5 Å². The number of piperidine rings is 1. The van der Waals surface area contributed by atoms with E-state index in [4.69, 9.17) is 0 Å². The fourth-order valence-electron chi connectivity index (χ4n) is 1.58. The summed E-state index contributed by atoms with van der Waals surface area (Å²) < 4.78 is 0. The van der Waals surface area contributed by atoms with Crippen LogP contribution in [0.3, 0.4) is 0 Å². The first-order chi connectivity index (χ1) is 5.47. The van der Waals surface area contributed by atoms with Crippen molar-refractivity contribution in [2.45, 2.75) is 25.3 Å². The molecule has 5 heteroatoms. The Morgan fingerprint density at radius 3 is 2.69 bits per heavy atom. The molecule has 2 N–H and O–H groups in total. The maximum Gasteiger partial charge on any atom is 0.0521 e. The third kappa shape index (κ3) is 3.18. The number of hydrogen-bond acceptors (Lipinski definition) is 2. The third-order valence-corrected chi connectivity index (χ3v) is 2.21. The van der Waals surface area contributed by atoms with Crippen LogP contribution < -0.4 is 5.32 Å². The molecule has 1 aliphatic heterocycles. The van der Waals surface area contributed by atoms with E-state index in [1.54, 1.807) is 0 Å². The summed E-state index contributed by atoms with van der Waals surface area (Å²) in [5, 5.41) is 10.4. The Hall–Kier alpha value is -0.250. The smallest absolute Gasteiger partial charge is 0.0521 e. The van der Waals surface area contributed by atoms with Crippen molar-refractivity contribution in [3.05, 3.63) is 18.0 Å². The van der Waals surface area contributed by atoms with Gasteiger partial charge in [0.15, 0.2) is 0 Å². The highest BCUT2D eigenvalue weighted by atomic mass is 35.5. The number of halogens is 2. The third-order valence-electron chi connectivity index (χ3n) is 2.21. The summed E-state index contributed by atoms with van der Waals surface area (Å²) >= 11 is 0. The Balaban J connectivity index is 0.000000720. The molecule has 1 unspecified atom stereocenters. The largest absolute Gasteiger partial charge is 0.309 e. The molecule has 0 aliphatic carbocycles. The minimum Gasteiger partial charge on any atom is -0.309 e. The average Bonchev–Trinajstić information content (AvgIpc) is 2.58. The summed E-state index contributed by atoms with van der Waals surface area (Å²) in [5.41, 5.74) is 1.23. The van der Waals surface area contributed by atoms with E-state index in [9.17, 15) is 0 Å². The lowest BCUT2D eigenvalue weighted by atomic mass is 10.0. The molecule has 1 aliphatic rings. The summed E-state index contributed by atoms with van der Waals surface area (Å²) in [6.07, 6.45) is 5.69. The highest BCUT2D eigenvalue weighted by Crippen LogP contribution is 2.19. The molecule has 76 valence electrons. The molecule has 2 rings (SSSR count). The topological polar surface area (TPSA) is 40.7 Å². The molecule has 1 saturated heterocycles. The Morgan fingerprint density at radius 1 is 1.31 bits per heavy atom. The number of H-pyrrole nitrogens is 1. The Kier molecular flexibility index (Phi) is 6.12. The van der Waals surface area contributed by atoms with Crippen molar-refractivity contribution >= 4 is 24.8 Å². The molecule has 0 saturated carbocycles. The van der Waals surface area contributed by atoms with Gasteiger partial charge in [-0.25, -0.2) is 0 Å². The van der Waals surface area contributed by atoms with Gasteiger partial charge in [0, 0.05) is 12.2 Å². The summed E-state index contributed by atoms with van der Waals surface area (Å²) in [5.74, 6) is 0. The van der Waals surface area contributed by atoms with Gasteiger partial charge in [0.2, 0.25) is 0 Å². The van der Waals surface area contributed by atoms with Crippen molar-refractivity contribution in [1.29, 1.82) is 0 Å². The van der Waals surface area contributed by atoms with Crippen LogP contribution in [-0.4, -0.2) is 16.7 Å². The van der Waals surface area contributed by atoms with E-state index in [0.29, 0.717) is 6.04 Å². The van der Waals surface area contributed by atoms with Gasteiger partial charge in [0.1, 0.15) is 0 Å². The standard InChI is InChI=1S/C8H13N3.2ClH/c1-2-5-9-7(3-1)8-4-6-10-11-8;;/h4,6-7,9H,1-3,5H2,(H,10,11);2*1H. The number of hydrogen-bond donors (Lipinski definition) is 2. The van der Waals surface area contributed by atoms with Crippen molar-refractivity contribution < 1.29 is 0 Å². The predicted octanol–water partition coefficient (Wildman–Crippen LogP) is 2.07. The molecule has 1 aromatic rings. The minimum absolute atomic E-state index is 0. The van der Waals surface area contributed by atoms with E-state index < -0.39 is 0 Å². The molecule has 1 aromatic heterocycles. The fraction of sp³-hybridized carbons (Fsp3) is 0.625. The Labute approximate surface area is 90.5 Å². The van der Waals surface area contributed by atoms with E-state index in [1.807, 2.05) is 12.3 Å². The van der Waals surface area contributed by atoms with Crippen LogP contribution in [0.25, 0.3) is 0 Å². The average molecular weight is 224 g/mol. The molecule has 1 fully saturated rings. The molecule has 0 radical (unpaired) electrons. The second kappa shape index (κ2) is 6.24. The van der Waals surface area contributed by atoms with Gasteiger partial charge in [-0.3, -0.25) is 5.10 Å². The van der Waals surface area contributed by atoms with E-state index in [1.165, 1.54) is 25.0 Å². The predicted molar refractivity (Wildman–Crippen MR) is 57.7 cm³/mol. The quantitative estimate of drug-likeness (QED) is 0.766. The highest BCUT2D eigenvalue weighted by Gasteiger charge is 2.14. The van der Waals surface area contributed by atoms with E-state index >= 15 is 0 Å². The molecule has 0 aromatic carbocycles. The van der Waals surface area contributed by atoms with Crippen LogP contribution in [0.2, 0.25) is 0 Å². The highest BCUT2D eigenvalue weighted by molar-refractivity contribution is 5.85. The monoisotopic (exact) mass is 223 g/mol. The first kappa shape index (κ1) is 12.8. The zero-order valence-corrected chi connectivity index (χ0v) is 8.96. The van der Waals surface area contributed by atoms with Crippen molar-refractivity contribution in [2.75, 3.05) is 6.54 Å². The molecular weight excluding hydrogens is 209 g/mol. The van der Waals surface area contributed by atoms with Gasteiger partial charge in [0.05, 0.1) is 5.69 Å². The second-order valence-corrected chi connectivity index (χ2v) is 3.01. The summed E-state index contributed by atoms with van der Waals surface area (Å²) in [6, 6.07) is 2.56. The van der Waals surface area contributed by atoms with Gasteiger partial charge < -0.3 is 5.32 Å².